The highest BCUT2D eigenvalue weighted by Gasteiger charge is 2.28. The number of aryl methyl sites for hydroxylation is 1. The van der Waals surface area contributed by atoms with E-state index in [0.717, 1.165) is 65.2 Å². The molecule has 5 nitrogen and oxygen atoms in total. The number of hydrogen-bond acceptors (Lipinski definition) is 5. The summed E-state index contributed by atoms with van der Waals surface area (Å²) >= 11 is 1.55. The van der Waals surface area contributed by atoms with Crippen LogP contribution in [0.4, 0.5) is 5.69 Å². The van der Waals surface area contributed by atoms with Gasteiger partial charge in [0.1, 0.15) is 0 Å². The van der Waals surface area contributed by atoms with Crippen molar-refractivity contribution < 1.29 is 9.59 Å². The average molecular weight is 408 g/mol. The predicted molar refractivity (Wildman–Crippen MR) is 117 cm³/mol. The fourth-order valence-electron chi connectivity index (χ4n) is 4.04. The van der Waals surface area contributed by atoms with Gasteiger partial charge in [0, 0.05) is 31.3 Å². The Labute approximate surface area is 174 Å². The molecule has 0 saturated carbocycles. The normalized spacial score (nSPS) is 17.4. The molecule has 3 aromatic rings. The van der Waals surface area contributed by atoms with Gasteiger partial charge in [-0.1, -0.05) is 6.07 Å². The number of benzene rings is 1. The predicted octanol–water partition coefficient (Wildman–Crippen LogP) is 4.66. The molecular formula is C23H25N3O2S. The van der Waals surface area contributed by atoms with E-state index in [1.165, 1.54) is 6.92 Å². The van der Waals surface area contributed by atoms with E-state index in [-0.39, 0.29) is 17.6 Å². The van der Waals surface area contributed by atoms with Crippen LogP contribution in [0.25, 0.3) is 10.9 Å². The van der Waals surface area contributed by atoms with Crippen molar-refractivity contribution >= 4 is 39.6 Å². The molecule has 1 aromatic carbocycles. The average Bonchev–Trinajstić information content (AvgIpc) is 3.13. The van der Waals surface area contributed by atoms with Crippen LogP contribution < -0.4 is 5.32 Å². The van der Waals surface area contributed by atoms with E-state index >= 15 is 0 Å². The van der Waals surface area contributed by atoms with Gasteiger partial charge in [0.25, 0.3) is 0 Å². The number of anilines is 1. The molecule has 1 aliphatic rings. The van der Waals surface area contributed by atoms with Crippen LogP contribution in [0.5, 0.6) is 0 Å². The molecule has 4 rings (SSSR count). The number of Topliss-reactive ketones (excluding diaryl/α,β-unsaturated/α-hetero) is 1. The molecule has 1 saturated heterocycles. The van der Waals surface area contributed by atoms with E-state index in [4.69, 9.17) is 4.98 Å². The number of ketones is 1. The van der Waals surface area contributed by atoms with Crippen molar-refractivity contribution in [3.8, 4) is 0 Å². The zero-order valence-corrected chi connectivity index (χ0v) is 17.6. The van der Waals surface area contributed by atoms with Crippen LogP contribution in [0, 0.1) is 12.8 Å². The Bertz CT molecular complexity index is 1060. The van der Waals surface area contributed by atoms with E-state index in [2.05, 4.69) is 10.2 Å². The smallest absolute Gasteiger partial charge is 0.221 e. The molecule has 0 bridgehead atoms. The van der Waals surface area contributed by atoms with Gasteiger partial charge in [-0.2, -0.15) is 0 Å². The third-order valence-electron chi connectivity index (χ3n) is 5.45. The molecule has 0 aliphatic carbocycles. The van der Waals surface area contributed by atoms with Crippen molar-refractivity contribution in [2.75, 3.05) is 18.4 Å². The van der Waals surface area contributed by atoms with Gasteiger partial charge in [-0.05, 0) is 67.6 Å². The molecule has 1 aliphatic heterocycles. The van der Waals surface area contributed by atoms with Crippen LogP contribution in [-0.2, 0) is 11.3 Å². The standard InChI is InChI=1S/C23H25N3O2S/c1-15-10-12-29-23(15)22(28)17-5-4-11-26(13-17)14-18-8-9-19-20(24-16(2)27)6-3-7-21(19)25-18/h3,6-10,12,17H,4-5,11,13-14H2,1-2H3,(H,24,27). The molecule has 29 heavy (non-hydrogen) atoms. The second kappa shape index (κ2) is 8.43. The zero-order valence-electron chi connectivity index (χ0n) is 16.8. The number of fused-ring (bicyclic) bond motifs is 1. The second-order valence-electron chi connectivity index (χ2n) is 7.73. The summed E-state index contributed by atoms with van der Waals surface area (Å²) in [5, 5.41) is 5.79. The summed E-state index contributed by atoms with van der Waals surface area (Å²) in [6.07, 6.45) is 1.99. The fraction of sp³-hybridized carbons (Fsp3) is 0.348. The largest absolute Gasteiger partial charge is 0.326 e. The van der Waals surface area contributed by atoms with Crippen LogP contribution >= 0.6 is 11.3 Å². The maximum atomic E-state index is 12.9. The van der Waals surface area contributed by atoms with Crippen LogP contribution in [0.15, 0.2) is 41.8 Å². The minimum Gasteiger partial charge on any atom is -0.326 e. The van der Waals surface area contributed by atoms with Crippen LogP contribution in [0.2, 0.25) is 0 Å². The Hall–Kier alpha value is -2.57. The first-order chi connectivity index (χ1) is 14.0. The van der Waals surface area contributed by atoms with Gasteiger partial charge in [0.2, 0.25) is 5.91 Å². The molecule has 150 valence electrons. The van der Waals surface area contributed by atoms with Gasteiger partial charge >= 0.3 is 0 Å². The van der Waals surface area contributed by atoms with Crippen molar-refractivity contribution in [3.63, 3.8) is 0 Å². The quantitative estimate of drug-likeness (QED) is 0.625. The maximum Gasteiger partial charge on any atom is 0.221 e. The number of carbonyl (C=O) groups excluding carboxylic acids is 2. The summed E-state index contributed by atoms with van der Waals surface area (Å²) in [5.74, 6) is 0.258. The fourth-order valence-corrected chi connectivity index (χ4v) is 4.98. The Kier molecular flexibility index (Phi) is 5.74. The van der Waals surface area contributed by atoms with Crippen LogP contribution in [-0.4, -0.2) is 34.7 Å². The summed E-state index contributed by atoms with van der Waals surface area (Å²) in [4.78, 5) is 32.4. The van der Waals surface area contributed by atoms with E-state index in [0.29, 0.717) is 0 Å². The first kappa shape index (κ1) is 19.7. The number of amides is 1. The topological polar surface area (TPSA) is 62.3 Å². The zero-order chi connectivity index (χ0) is 20.4. The van der Waals surface area contributed by atoms with E-state index in [1.807, 2.05) is 48.7 Å². The molecule has 1 atom stereocenters. The minimum absolute atomic E-state index is 0.0629. The molecule has 3 heterocycles. The molecule has 0 spiro atoms. The molecule has 6 heteroatoms. The Morgan fingerprint density at radius 1 is 1.24 bits per heavy atom. The molecule has 0 radical (unpaired) electrons. The lowest BCUT2D eigenvalue weighted by molar-refractivity contribution is -0.114. The lowest BCUT2D eigenvalue weighted by Gasteiger charge is -2.31. The Morgan fingerprint density at radius 2 is 2.10 bits per heavy atom. The SMILES string of the molecule is CC(=O)Nc1cccc2nc(CN3CCCC(C(=O)c4sccc4C)C3)ccc12. The molecule has 1 amide bonds. The number of piperidine rings is 1. The van der Waals surface area contributed by atoms with Crippen molar-refractivity contribution in [1.29, 1.82) is 0 Å². The van der Waals surface area contributed by atoms with Gasteiger partial charge in [-0.3, -0.25) is 19.5 Å². The van der Waals surface area contributed by atoms with Gasteiger partial charge in [0.05, 0.1) is 21.8 Å². The van der Waals surface area contributed by atoms with Crippen LogP contribution in [0.3, 0.4) is 0 Å². The highest BCUT2D eigenvalue weighted by molar-refractivity contribution is 7.12. The summed E-state index contributed by atoms with van der Waals surface area (Å²) in [5.41, 5.74) is 3.72. The number of nitrogens with one attached hydrogen (secondary N) is 1. The lowest BCUT2D eigenvalue weighted by atomic mass is 9.92. The third kappa shape index (κ3) is 4.38. The lowest BCUT2D eigenvalue weighted by Crippen LogP contribution is -2.38. The van der Waals surface area contributed by atoms with Crippen molar-refractivity contribution in [2.45, 2.75) is 33.2 Å². The number of aromatic nitrogens is 1. The highest BCUT2D eigenvalue weighted by Crippen LogP contribution is 2.27. The number of pyridine rings is 1. The number of likely N-dealkylation sites (tertiary alicyclic amines) is 1. The molecule has 1 unspecified atom stereocenters. The summed E-state index contributed by atoms with van der Waals surface area (Å²) in [6.45, 7) is 6.01. The minimum atomic E-state index is -0.0911. The number of nitrogens with zero attached hydrogens (tertiary/aromatic N) is 2. The van der Waals surface area contributed by atoms with E-state index in [9.17, 15) is 9.59 Å². The van der Waals surface area contributed by atoms with E-state index < -0.39 is 0 Å². The van der Waals surface area contributed by atoms with Gasteiger partial charge in [0.15, 0.2) is 5.78 Å². The molecule has 1 N–H and O–H groups in total. The summed E-state index contributed by atoms with van der Waals surface area (Å²) in [6, 6.07) is 11.8. The number of rotatable bonds is 5. The van der Waals surface area contributed by atoms with Gasteiger partial charge < -0.3 is 5.32 Å². The third-order valence-corrected chi connectivity index (χ3v) is 6.48. The number of hydrogen-bond donors (Lipinski definition) is 1. The Balaban J connectivity index is 1.48. The molecular weight excluding hydrogens is 382 g/mol. The van der Waals surface area contributed by atoms with Crippen molar-refractivity contribution in [1.82, 2.24) is 9.88 Å². The highest BCUT2D eigenvalue weighted by atomic mass is 32.1. The first-order valence-electron chi connectivity index (χ1n) is 9.98. The van der Waals surface area contributed by atoms with Gasteiger partial charge in [-0.25, -0.2) is 0 Å². The van der Waals surface area contributed by atoms with Gasteiger partial charge in [-0.15, -0.1) is 11.3 Å². The van der Waals surface area contributed by atoms with Crippen LogP contribution in [0.1, 0.15) is 40.7 Å². The van der Waals surface area contributed by atoms with Crippen molar-refractivity contribution in [2.24, 2.45) is 5.92 Å². The summed E-state index contributed by atoms with van der Waals surface area (Å²) in [7, 11) is 0. The molecule has 2 aromatic heterocycles. The maximum absolute atomic E-state index is 12.9. The molecule has 1 fully saturated rings. The first-order valence-corrected chi connectivity index (χ1v) is 10.9. The summed E-state index contributed by atoms with van der Waals surface area (Å²) < 4.78 is 0. The number of carbonyl (C=O) groups is 2. The number of thiophene rings is 1. The monoisotopic (exact) mass is 407 g/mol. The Morgan fingerprint density at radius 3 is 2.86 bits per heavy atom. The van der Waals surface area contributed by atoms with Crippen molar-refractivity contribution in [3.05, 3.63) is 57.9 Å². The van der Waals surface area contributed by atoms with E-state index in [1.54, 1.807) is 11.3 Å². The second-order valence-corrected chi connectivity index (χ2v) is 8.64.